The van der Waals surface area contributed by atoms with Crippen molar-refractivity contribution in [3.8, 4) is 11.1 Å². The van der Waals surface area contributed by atoms with Crippen molar-refractivity contribution in [2.24, 2.45) is 0 Å². The summed E-state index contributed by atoms with van der Waals surface area (Å²) in [6.45, 7) is 6.35. The molecule has 0 aliphatic rings. The molecule has 1 aromatic carbocycles. The number of aromatic nitrogens is 1. The molecule has 0 aliphatic heterocycles. The van der Waals surface area contributed by atoms with Gasteiger partial charge in [-0.25, -0.2) is 13.1 Å². The topological polar surface area (TPSA) is 84.2 Å². The molecular formula is C15H21N3O3S. The Balaban J connectivity index is 2.44. The smallest absolute Gasteiger partial charge is 0.240 e. The maximum absolute atomic E-state index is 12.4. The van der Waals surface area contributed by atoms with Gasteiger partial charge in [-0.1, -0.05) is 17.3 Å². The summed E-state index contributed by atoms with van der Waals surface area (Å²) in [4.78, 5) is 0.279. The van der Waals surface area contributed by atoms with E-state index in [0.29, 0.717) is 24.4 Å². The lowest BCUT2D eigenvalue weighted by molar-refractivity contribution is 0.393. The number of nitrogens with one attached hydrogen (secondary N) is 2. The van der Waals surface area contributed by atoms with E-state index < -0.39 is 10.0 Å². The third-order valence-corrected chi connectivity index (χ3v) is 5.07. The third-order valence-electron chi connectivity index (χ3n) is 3.47. The first-order valence-electron chi connectivity index (χ1n) is 7.05. The van der Waals surface area contributed by atoms with Gasteiger partial charge >= 0.3 is 0 Å². The quantitative estimate of drug-likeness (QED) is 0.792. The van der Waals surface area contributed by atoms with Gasteiger partial charge in [0.2, 0.25) is 10.0 Å². The van der Waals surface area contributed by atoms with Gasteiger partial charge < -0.3 is 9.84 Å². The van der Waals surface area contributed by atoms with Crippen LogP contribution in [0.15, 0.2) is 27.6 Å². The number of sulfonamides is 1. The molecule has 120 valence electrons. The fourth-order valence-corrected chi connectivity index (χ4v) is 3.63. The molecule has 0 atom stereocenters. The summed E-state index contributed by atoms with van der Waals surface area (Å²) in [6.07, 6.45) is 0. The van der Waals surface area contributed by atoms with Crippen molar-refractivity contribution in [3.05, 3.63) is 35.2 Å². The first-order valence-corrected chi connectivity index (χ1v) is 8.53. The molecule has 22 heavy (non-hydrogen) atoms. The van der Waals surface area contributed by atoms with Gasteiger partial charge in [-0.2, -0.15) is 0 Å². The average molecular weight is 323 g/mol. The molecule has 0 spiro atoms. The van der Waals surface area contributed by atoms with Crippen LogP contribution in [0.2, 0.25) is 0 Å². The molecule has 2 N–H and O–H groups in total. The van der Waals surface area contributed by atoms with E-state index in [1.54, 1.807) is 26.1 Å². The number of rotatable bonds is 6. The van der Waals surface area contributed by atoms with E-state index in [9.17, 15) is 8.42 Å². The Labute approximate surface area is 131 Å². The molecule has 1 heterocycles. The Kier molecular flexibility index (Phi) is 5.00. The van der Waals surface area contributed by atoms with Crippen molar-refractivity contribution >= 4 is 10.0 Å². The Hall–Kier alpha value is -1.70. The monoisotopic (exact) mass is 323 g/mol. The minimum atomic E-state index is -3.54. The van der Waals surface area contributed by atoms with Crippen molar-refractivity contribution in [1.82, 2.24) is 15.2 Å². The van der Waals surface area contributed by atoms with Crippen LogP contribution in [-0.4, -0.2) is 33.7 Å². The molecule has 0 fully saturated rings. The number of benzene rings is 1. The van der Waals surface area contributed by atoms with Gasteiger partial charge in [-0.05, 0) is 45.0 Å². The molecule has 7 heteroatoms. The highest BCUT2D eigenvalue weighted by Gasteiger charge is 2.19. The molecular weight excluding hydrogens is 302 g/mol. The van der Waals surface area contributed by atoms with Crippen LogP contribution in [0.25, 0.3) is 11.1 Å². The molecule has 2 aromatic rings. The van der Waals surface area contributed by atoms with E-state index in [0.717, 1.165) is 16.8 Å². The van der Waals surface area contributed by atoms with Gasteiger partial charge in [0.25, 0.3) is 0 Å². The van der Waals surface area contributed by atoms with Gasteiger partial charge in [0, 0.05) is 18.7 Å². The maximum Gasteiger partial charge on any atom is 0.240 e. The van der Waals surface area contributed by atoms with Gasteiger partial charge in [0.15, 0.2) is 0 Å². The van der Waals surface area contributed by atoms with Crippen molar-refractivity contribution < 1.29 is 12.9 Å². The van der Waals surface area contributed by atoms with Crippen LogP contribution in [0, 0.1) is 20.8 Å². The highest BCUT2D eigenvalue weighted by Crippen LogP contribution is 2.29. The molecule has 0 saturated carbocycles. The second-order valence-corrected chi connectivity index (χ2v) is 6.92. The molecule has 0 aliphatic carbocycles. The second kappa shape index (κ2) is 6.60. The van der Waals surface area contributed by atoms with Crippen molar-refractivity contribution in [1.29, 1.82) is 0 Å². The van der Waals surface area contributed by atoms with Crippen LogP contribution >= 0.6 is 0 Å². The van der Waals surface area contributed by atoms with E-state index in [4.69, 9.17) is 4.52 Å². The minimum Gasteiger partial charge on any atom is -0.361 e. The number of hydrogen-bond donors (Lipinski definition) is 2. The van der Waals surface area contributed by atoms with Crippen LogP contribution in [-0.2, 0) is 10.0 Å². The lowest BCUT2D eigenvalue weighted by Gasteiger charge is -2.11. The van der Waals surface area contributed by atoms with E-state index in [2.05, 4.69) is 15.2 Å². The number of aryl methyl sites for hydroxylation is 3. The van der Waals surface area contributed by atoms with Crippen molar-refractivity contribution in [3.63, 3.8) is 0 Å². The first-order chi connectivity index (χ1) is 10.4. The molecule has 0 saturated heterocycles. The number of likely N-dealkylation sites (N-methyl/N-ethyl adjacent to an activating group) is 1. The Morgan fingerprint density at radius 3 is 2.50 bits per heavy atom. The van der Waals surface area contributed by atoms with Gasteiger partial charge in [0.05, 0.1) is 10.6 Å². The van der Waals surface area contributed by atoms with Crippen LogP contribution in [0.5, 0.6) is 0 Å². The zero-order valence-electron chi connectivity index (χ0n) is 13.2. The fraction of sp³-hybridized carbons (Fsp3) is 0.400. The SMILES string of the molecule is CNCCNS(=O)(=O)c1cc(-c2c(C)noc2C)ccc1C. The predicted molar refractivity (Wildman–Crippen MR) is 85.3 cm³/mol. The zero-order chi connectivity index (χ0) is 16.3. The van der Waals surface area contributed by atoms with Crippen LogP contribution in [0.1, 0.15) is 17.0 Å². The van der Waals surface area contributed by atoms with E-state index in [-0.39, 0.29) is 4.90 Å². The molecule has 0 radical (unpaired) electrons. The summed E-state index contributed by atoms with van der Waals surface area (Å²) in [5.74, 6) is 0.674. The van der Waals surface area contributed by atoms with E-state index in [1.807, 2.05) is 19.9 Å². The largest absolute Gasteiger partial charge is 0.361 e. The van der Waals surface area contributed by atoms with Crippen LogP contribution in [0.4, 0.5) is 0 Å². The fourth-order valence-electron chi connectivity index (χ4n) is 2.33. The summed E-state index contributed by atoms with van der Waals surface area (Å²) in [6, 6.07) is 5.35. The van der Waals surface area contributed by atoms with Crippen molar-refractivity contribution in [2.45, 2.75) is 25.7 Å². The molecule has 0 bridgehead atoms. The summed E-state index contributed by atoms with van der Waals surface area (Å²) in [7, 11) is -1.77. The third kappa shape index (κ3) is 3.37. The molecule has 0 amide bonds. The highest BCUT2D eigenvalue weighted by atomic mass is 32.2. The van der Waals surface area contributed by atoms with Gasteiger partial charge in [-0.3, -0.25) is 0 Å². The van der Waals surface area contributed by atoms with E-state index in [1.165, 1.54) is 0 Å². The molecule has 6 nitrogen and oxygen atoms in total. The summed E-state index contributed by atoms with van der Waals surface area (Å²) >= 11 is 0. The summed E-state index contributed by atoms with van der Waals surface area (Å²) < 4.78 is 32.6. The lowest BCUT2D eigenvalue weighted by Crippen LogP contribution is -2.30. The highest BCUT2D eigenvalue weighted by molar-refractivity contribution is 7.89. The molecule has 1 aromatic heterocycles. The standard InChI is InChI=1S/C15H21N3O3S/c1-10-5-6-13(15-11(2)18-21-12(15)3)9-14(10)22(19,20)17-8-7-16-4/h5-6,9,16-17H,7-8H2,1-4H3. The summed E-state index contributed by atoms with van der Waals surface area (Å²) in [5.41, 5.74) is 3.07. The number of hydrogen-bond acceptors (Lipinski definition) is 5. The van der Waals surface area contributed by atoms with Crippen LogP contribution < -0.4 is 10.0 Å². The Morgan fingerprint density at radius 2 is 1.91 bits per heavy atom. The zero-order valence-corrected chi connectivity index (χ0v) is 14.0. The normalized spacial score (nSPS) is 11.8. The Bertz CT molecular complexity index is 747. The maximum atomic E-state index is 12.4. The minimum absolute atomic E-state index is 0.279. The number of nitrogens with zero attached hydrogens (tertiary/aromatic N) is 1. The average Bonchev–Trinajstić information content (AvgIpc) is 2.79. The predicted octanol–water partition coefficient (Wildman–Crippen LogP) is 1.76. The van der Waals surface area contributed by atoms with E-state index >= 15 is 0 Å². The molecule has 2 rings (SSSR count). The Morgan fingerprint density at radius 1 is 1.18 bits per heavy atom. The molecule has 0 unspecified atom stereocenters. The summed E-state index contributed by atoms with van der Waals surface area (Å²) in [5, 5.41) is 6.83. The lowest BCUT2D eigenvalue weighted by atomic mass is 10.0. The van der Waals surface area contributed by atoms with Crippen LogP contribution in [0.3, 0.4) is 0 Å². The van der Waals surface area contributed by atoms with Gasteiger partial charge in [0.1, 0.15) is 5.76 Å². The second-order valence-electron chi connectivity index (χ2n) is 5.18. The van der Waals surface area contributed by atoms with Crippen molar-refractivity contribution in [2.75, 3.05) is 20.1 Å². The first kappa shape index (κ1) is 16.7. The van der Waals surface area contributed by atoms with Gasteiger partial charge in [-0.15, -0.1) is 0 Å².